The molecular formula is C16H15ClO3. The summed E-state index contributed by atoms with van der Waals surface area (Å²) in [6.45, 7) is 1.06. The molecule has 1 aliphatic heterocycles. The number of benzene rings is 2. The molecule has 0 saturated heterocycles. The summed E-state index contributed by atoms with van der Waals surface area (Å²) >= 11 is 5.86. The van der Waals surface area contributed by atoms with Gasteiger partial charge < -0.3 is 14.6 Å². The number of rotatable bonds is 3. The van der Waals surface area contributed by atoms with Crippen LogP contribution >= 0.6 is 11.6 Å². The summed E-state index contributed by atoms with van der Waals surface area (Å²) in [5, 5.41) is 11.1. The molecule has 3 rings (SSSR count). The van der Waals surface area contributed by atoms with Crippen LogP contribution in [-0.4, -0.2) is 18.3 Å². The lowest BCUT2D eigenvalue weighted by Crippen LogP contribution is -2.17. The van der Waals surface area contributed by atoms with Crippen LogP contribution in [0.2, 0.25) is 5.02 Å². The van der Waals surface area contributed by atoms with Crippen LogP contribution in [0.4, 0.5) is 0 Å². The van der Waals surface area contributed by atoms with Crippen molar-refractivity contribution < 1.29 is 14.6 Å². The van der Waals surface area contributed by atoms with Gasteiger partial charge in [-0.25, -0.2) is 0 Å². The maximum absolute atomic E-state index is 10.4. The minimum Gasteiger partial charge on any atom is -0.486 e. The summed E-state index contributed by atoms with van der Waals surface area (Å²) in [6.07, 6.45) is -0.121. The third kappa shape index (κ3) is 2.74. The van der Waals surface area contributed by atoms with Gasteiger partial charge in [-0.05, 0) is 23.8 Å². The molecule has 1 N–H and O–H groups in total. The summed E-state index contributed by atoms with van der Waals surface area (Å²) in [7, 11) is 0. The highest BCUT2D eigenvalue weighted by Crippen LogP contribution is 2.37. The molecule has 0 radical (unpaired) electrons. The van der Waals surface area contributed by atoms with Crippen LogP contribution in [0.3, 0.4) is 0 Å². The Hall–Kier alpha value is -1.71. The summed E-state index contributed by atoms with van der Waals surface area (Å²) in [4.78, 5) is 0. The molecule has 2 aromatic carbocycles. The van der Waals surface area contributed by atoms with Crippen LogP contribution in [0, 0.1) is 0 Å². The van der Waals surface area contributed by atoms with Crippen LogP contribution < -0.4 is 9.47 Å². The molecule has 0 saturated carbocycles. The van der Waals surface area contributed by atoms with Gasteiger partial charge in [-0.3, -0.25) is 0 Å². The van der Waals surface area contributed by atoms with Crippen molar-refractivity contribution in [3.63, 3.8) is 0 Å². The second kappa shape index (κ2) is 5.73. The van der Waals surface area contributed by atoms with E-state index < -0.39 is 6.10 Å². The zero-order chi connectivity index (χ0) is 13.9. The first kappa shape index (κ1) is 13.3. The van der Waals surface area contributed by atoms with E-state index in [0.29, 0.717) is 36.2 Å². The van der Waals surface area contributed by atoms with Crippen molar-refractivity contribution in [2.45, 2.75) is 12.5 Å². The van der Waals surface area contributed by atoms with Crippen molar-refractivity contribution in [1.29, 1.82) is 0 Å². The number of hydrogen-bond donors (Lipinski definition) is 1. The largest absolute Gasteiger partial charge is 0.486 e. The molecule has 1 atom stereocenters. The zero-order valence-corrected chi connectivity index (χ0v) is 11.6. The summed E-state index contributed by atoms with van der Waals surface area (Å²) in [5.74, 6) is 1.35. The number of hydrogen-bond acceptors (Lipinski definition) is 3. The van der Waals surface area contributed by atoms with Crippen LogP contribution in [0.25, 0.3) is 0 Å². The Balaban J connectivity index is 1.83. The van der Waals surface area contributed by atoms with Crippen molar-refractivity contribution in [3.05, 3.63) is 58.6 Å². The van der Waals surface area contributed by atoms with E-state index in [1.165, 1.54) is 0 Å². The van der Waals surface area contributed by atoms with Gasteiger partial charge in [0.1, 0.15) is 13.2 Å². The third-order valence-electron chi connectivity index (χ3n) is 3.30. The molecule has 3 nitrogen and oxygen atoms in total. The van der Waals surface area contributed by atoms with Gasteiger partial charge in [0, 0.05) is 17.0 Å². The van der Waals surface area contributed by atoms with Crippen LogP contribution in [-0.2, 0) is 6.42 Å². The minimum absolute atomic E-state index is 0.511. The van der Waals surface area contributed by atoms with Gasteiger partial charge in [0.25, 0.3) is 0 Å². The maximum atomic E-state index is 10.4. The molecule has 0 bridgehead atoms. The van der Waals surface area contributed by atoms with E-state index in [1.807, 2.05) is 42.5 Å². The Labute approximate surface area is 122 Å². The van der Waals surface area contributed by atoms with Crippen molar-refractivity contribution in [2.24, 2.45) is 0 Å². The van der Waals surface area contributed by atoms with Crippen LogP contribution in [0.1, 0.15) is 17.2 Å². The normalized spacial score (nSPS) is 14.9. The van der Waals surface area contributed by atoms with E-state index in [1.54, 1.807) is 0 Å². The number of aliphatic hydroxyl groups is 1. The van der Waals surface area contributed by atoms with E-state index in [-0.39, 0.29) is 0 Å². The van der Waals surface area contributed by atoms with Gasteiger partial charge in [0.15, 0.2) is 11.5 Å². The van der Waals surface area contributed by atoms with E-state index >= 15 is 0 Å². The van der Waals surface area contributed by atoms with Gasteiger partial charge in [0.05, 0.1) is 6.10 Å². The molecule has 0 aliphatic carbocycles. The summed E-state index contributed by atoms with van der Waals surface area (Å²) in [5.41, 5.74) is 1.79. The lowest BCUT2D eigenvalue weighted by atomic mass is 10.00. The molecule has 4 heteroatoms. The van der Waals surface area contributed by atoms with Crippen molar-refractivity contribution in [2.75, 3.05) is 13.2 Å². The Morgan fingerprint density at radius 2 is 1.80 bits per heavy atom. The highest BCUT2D eigenvalue weighted by Gasteiger charge is 2.20. The predicted octanol–water partition coefficient (Wildman–Crippen LogP) is 3.39. The molecular weight excluding hydrogens is 276 g/mol. The molecule has 20 heavy (non-hydrogen) atoms. The molecule has 2 aromatic rings. The van der Waals surface area contributed by atoms with E-state index in [2.05, 4.69) is 0 Å². The molecule has 0 aromatic heterocycles. The summed E-state index contributed by atoms with van der Waals surface area (Å²) in [6, 6.07) is 13.1. The van der Waals surface area contributed by atoms with E-state index in [9.17, 15) is 5.11 Å². The number of para-hydroxylation sites is 1. The Morgan fingerprint density at radius 1 is 1.05 bits per heavy atom. The zero-order valence-electron chi connectivity index (χ0n) is 10.9. The molecule has 0 fully saturated rings. The Morgan fingerprint density at radius 3 is 2.60 bits per heavy atom. The first-order chi connectivity index (χ1) is 9.74. The number of halogens is 1. The standard InChI is InChI=1S/C16H15ClO3/c17-12-6-4-11(5-7-12)10-14(18)13-2-1-3-15-16(13)20-9-8-19-15/h1-7,14,18H,8-10H2. The van der Waals surface area contributed by atoms with Gasteiger partial charge in [-0.1, -0.05) is 35.9 Å². The van der Waals surface area contributed by atoms with Crippen molar-refractivity contribution >= 4 is 11.6 Å². The van der Waals surface area contributed by atoms with Gasteiger partial charge in [-0.2, -0.15) is 0 Å². The average molecular weight is 291 g/mol. The van der Waals surface area contributed by atoms with Gasteiger partial charge in [-0.15, -0.1) is 0 Å². The fraction of sp³-hybridized carbons (Fsp3) is 0.250. The molecule has 0 amide bonds. The molecule has 1 aliphatic rings. The van der Waals surface area contributed by atoms with Gasteiger partial charge >= 0.3 is 0 Å². The minimum atomic E-state index is -0.632. The molecule has 104 valence electrons. The van der Waals surface area contributed by atoms with Crippen molar-refractivity contribution in [3.8, 4) is 11.5 Å². The molecule has 1 heterocycles. The lowest BCUT2D eigenvalue weighted by molar-refractivity contribution is 0.146. The van der Waals surface area contributed by atoms with Crippen LogP contribution in [0.15, 0.2) is 42.5 Å². The quantitative estimate of drug-likeness (QED) is 0.942. The lowest BCUT2D eigenvalue weighted by Gasteiger charge is -2.23. The van der Waals surface area contributed by atoms with E-state index in [4.69, 9.17) is 21.1 Å². The Kier molecular flexibility index (Phi) is 3.81. The predicted molar refractivity (Wildman–Crippen MR) is 77.5 cm³/mol. The van der Waals surface area contributed by atoms with Crippen molar-refractivity contribution in [1.82, 2.24) is 0 Å². The second-order valence-corrected chi connectivity index (χ2v) is 5.15. The average Bonchev–Trinajstić information content (AvgIpc) is 2.49. The smallest absolute Gasteiger partial charge is 0.167 e. The monoisotopic (exact) mass is 290 g/mol. The summed E-state index contributed by atoms with van der Waals surface area (Å²) < 4.78 is 11.2. The second-order valence-electron chi connectivity index (χ2n) is 4.72. The van der Waals surface area contributed by atoms with Gasteiger partial charge in [0.2, 0.25) is 0 Å². The maximum Gasteiger partial charge on any atom is 0.167 e. The number of fused-ring (bicyclic) bond motifs is 1. The topological polar surface area (TPSA) is 38.7 Å². The number of ether oxygens (including phenoxy) is 2. The molecule has 0 spiro atoms. The fourth-order valence-corrected chi connectivity index (χ4v) is 2.44. The first-order valence-corrected chi connectivity index (χ1v) is 6.93. The third-order valence-corrected chi connectivity index (χ3v) is 3.55. The highest BCUT2D eigenvalue weighted by molar-refractivity contribution is 6.30. The van der Waals surface area contributed by atoms with Crippen LogP contribution in [0.5, 0.6) is 11.5 Å². The van der Waals surface area contributed by atoms with E-state index in [0.717, 1.165) is 11.1 Å². The molecule has 1 unspecified atom stereocenters. The SMILES string of the molecule is OC(Cc1ccc(Cl)cc1)c1cccc2c1OCCO2. The fourth-order valence-electron chi connectivity index (χ4n) is 2.31. The number of aliphatic hydroxyl groups excluding tert-OH is 1. The Bertz CT molecular complexity index is 595. The first-order valence-electron chi connectivity index (χ1n) is 6.55. The highest BCUT2D eigenvalue weighted by atomic mass is 35.5.